The van der Waals surface area contributed by atoms with Gasteiger partial charge in [-0.25, -0.2) is 0 Å². The number of hydrogen-bond acceptors (Lipinski definition) is 3. The Hall–Kier alpha value is -1.09. The van der Waals surface area contributed by atoms with Crippen LogP contribution in [0.3, 0.4) is 0 Å². The van der Waals surface area contributed by atoms with E-state index in [0.717, 1.165) is 12.8 Å². The number of ether oxygens (including phenoxy) is 1. The van der Waals surface area contributed by atoms with Gasteiger partial charge in [0.1, 0.15) is 6.10 Å². The lowest BCUT2D eigenvalue weighted by Gasteiger charge is -2.24. The summed E-state index contributed by atoms with van der Waals surface area (Å²) in [7, 11) is 0. The van der Waals surface area contributed by atoms with E-state index in [-0.39, 0.29) is 23.9 Å². The predicted molar refractivity (Wildman–Crippen MR) is 69.9 cm³/mol. The van der Waals surface area contributed by atoms with E-state index in [1.807, 2.05) is 19.9 Å². The van der Waals surface area contributed by atoms with E-state index in [1.54, 1.807) is 0 Å². The number of carbonyl (C=O) groups excluding carboxylic acids is 1. The van der Waals surface area contributed by atoms with Crippen molar-refractivity contribution in [3.05, 3.63) is 23.3 Å². The van der Waals surface area contributed by atoms with Gasteiger partial charge in [-0.15, -0.1) is 0 Å². The molecular formula is C15H22O3. The van der Waals surface area contributed by atoms with Crippen LogP contribution >= 0.6 is 0 Å². The van der Waals surface area contributed by atoms with Crippen molar-refractivity contribution in [3.63, 3.8) is 0 Å². The van der Waals surface area contributed by atoms with E-state index in [2.05, 4.69) is 13.0 Å². The third-order valence-electron chi connectivity index (χ3n) is 4.04. The molecule has 0 aromatic heterocycles. The molecule has 1 aliphatic carbocycles. The zero-order valence-electron chi connectivity index (χ0n) is 11.3. The van der Waals surface area contributed by atoms with Crippen LogP contribution < -0.4 is 0 Å². The second-order valence-corrected chi connectivity index (χ2v) is 5.64. The van der Waals surface area contributed by atoms with Crippen molar-refractivity contribution in [3.8, 4) is 0 Å². The second-order valence-electron chi connectivity index (χ2n) is 5.64. The predicted octanol–water partition coefficient (Wildman–Crippen LogP) is 2.60. The molecule has 3 heteroatoms. The van der Waals surface area contributed by atoms with Gasteiger partial charge in [0, 0.05) is 5.92 Å². The van der Waals surface area contributed by atoms with Crippen molar-refractivity contribution < 1.29 is 14.6 Å². The number of rotatable bonds is 0. The van der Waals surface area contributed by atoms with Crippen LogP contribution in [-0.4, -0.2) is 23.3 Å². The van der Waals surface area contributed by atoms with Gasteiger partial charge >= 0.3 is 5.97 Å². The maximum absolute atomic E-state index is 11.7. The highest BCUT2D eigenvalue weighted by Crippen LogP contribution is 2.35. The number of aliphatic hydroxyl groups excluding tert-OH is 1. The van der Waals surface area contributed by atoms with Gasteiger partial charge in [-0.2, -0.15) is 0 Å². The number of fused-ring (bicyclic) bond motifs is 1. The monoisotopic (exact) mass is 250 g/mol. The molecule has 4 atom stereocenters. The Bertz CT molecular complexity index is 395. The van der Waals surface area contributed by atoms with Gasteiger partial charge in [-0.3, -0.25) is 4.79 Å². The summed E-state index contributed by atoms with van der Waals surface area (Å²) in [5.74, 6) is -0.524. The van der Waals surface area contributed by atoms with Crippen molar-refractivity contribution in [2.24, 2.45) is 11.8 Å². The molecule has 1 saturated heterocycles. The molecule has 0 radical (unpaired) electrons. The maximum Gasteiger partial charge on any atom is 0.309 e. The number of hydrogen-bond donors (Lipinski definition) is 1. The minimum absolute atomic E-state index is 0.117. The van der Waals surface area contributed by atoms with E-state index < -0.39 is 6.10 Å². The Morgan fingerprint density at radius 2 is 2.06 bits per heavy atom. The summed E-state index contributed by atoms with van der Waals surface area (Å²) >= 11 is 0. The summed E-state index contributed by atoms with van der Waals surface area (Å²) in [6.07, 6.45) is 6.05. The van der Waals surface area contributed by atoms with Gasteiger partial charge in [-0.05, 0) is 39.2 Å². The fourth-order valence-corrected chi connectivity index (χ4v) is 2.92. The summed E-state index contributed by atoms with van der Waals surface area (Å²) in [4.78, 5) is 11.7. The zero-order valence-corrected chi connectivity index (χ0v) is 11.3. The van der Waals surface area contributed by atoms with Crippen LogP contribution in [0.4, 0.5) is 0 Å². The molecular weight excluding hydrogens is 228 g/mol. The molecule has 0 unspecified atom stereocenters. The van der Waals surface area contributed by atoms with Crippen LogP contribution in [0.5, 0.6) is 0 Å². The molecule has 0 aromatic rings. The molecule has 18 heavy (non-hydrogen) atoms. The van der Waals surface area contributed by atoms with Crippen molar-refractivity contribution in [2.75, 3.05) is 0 Å². The van der Waals surface area contributed by atoms with Gasteiger partial charge < -0.3 is 9.84 Å². The van der Waals surface area contributed by atoms with Gasteiger partial charge in [0.05, 0.1) is 12.0 Å². The van der Waals surface area contributed by atoms with E-state index in [1.165, 1.54) is 11.1 Å². The first kappa shape index (κ1) is 13.3. The zero-order chi connectivity index (χ0) is 13.3. The average Bonchev–Trinajstić information content (AvgIpc) is 2.53. The van der Waals surface area contributed by atoms with E-state index in [4.69, 9.17) is 4.74 Å². The number of aliphatic hydroxyl groups is 1. The van der Waals surface area contributed by atoms with Crippen LogP contribution in [0, 0.1) is 11.8 Å². The molecule has 1 fully saturated rings. The van der Waals surface area contributed by atoms with Gasteiger partial charge in [0.15, 0.2) is 0 Å². The van der Waals surface area contributed by atoms with Crippen molar-refractivity contribution in [1.82, 2.24) is 0 Å². The first-order valence-corrected chi connectivity index (χ1v) is 6.70. The first-order valence-electron chi connectivity index (χ1n) is 6.70. The quantitative estimate of drug-likeness (QED) is 0.531. The van der Waals surface area contributed by atoms with Crippen molar-refractivity contribution in [2.45, 2.75) is 52.2 Å². The van der Waals surface area contributed by atoms with Crippen LogP contribution in [-0.2, 0) is 9.53 Å². The lowest BCUT2D eigenvalue weighted by molar-refractivity contribution is -0.142. The topological polar surface area (TPSA) is 46.5 Å². The fraction of sp³-hybridized carbons (Fsp3) is 0.667. The Labute approximate surface area is 109 Å². The number of carbonyl (C=O) groups is 1. The molecule has 0 amide bonds. The SMILES string of the molecule is C/C1=C\[C@H]2OC(=O)[C@H](C)[C@@H]2[C@H](O)C/C(C)=C/CC1. The maximum atomic E-state index is 11.7. The first-order chi connectivity index (χ1) is 8.49. The van der Waals surface area contributed by atoms with Crippen LogP contribution in [0.25, 0.3) is 0 Å². The molecule has 3 nitrogen and oxygen atoms in total. The normalized spacial score (nSPS) is 43.2. The molecule has 1 heterocycles. The molecule has 1 N–H and O–H groups in total. The Balaban J connectivity index is 2.30. The highest BCUT2D eigenvalue weighted by molar-refractivity contribution is 5.75. The van der Waals surface area contributed by atoms with E-state index in [9.17, 15) is 9.90 Å². The lowest BCUT2D eigenvalue weighted by Crippen LogP contribution is -2.31. The molecule has 1 aliphatic heterocycles. The van der Waals surface area contributed by atoms with Crippen molar-refractivity contribution >= 4 is 5.97 Å². The summed E-state index contributed by atoms with van der Waals surface area (Å²) in [6, 6.07) is 0. The second kappa shape index (κ2) is 5.27. The standard InChI is InChI=1S/C15H22O3/c1-9-5-4-6-10(2)8-13-14(12(16)7-9)11(3)15(17)18-13/h5,8,11-14,16H,4,6-7H2,1-3H3/b9-5+,10-8+/t11-,12-,13-,14-/m1/s1. The molecule has 2 rings (SSSR count). The number of esters is 1. The molecule has 2 aliphatic rings. The summed E-state index contributed by atoms with van der Waals surface area (Å²) in [5.41, 5.74) is 2.42. The highest BCUT2D eigenvalue weighted by Gasteiger charge is 2.44. The molecule has 0 aromatic carbocycles. The molecule has 100 valence electrons. The fourth-order valence-electron chi connectivity index (χ4n) is 2.92. The van der Waals surface area contributed by atoms with Crippen molar-refractivity contribution in [1.29, 1.82) is 0 Å². The lowest BCUT2D eigenvalue weighted by atomic mass is 9.82. The minimum Gasteiger partial charge on any atom is -0.457 e. The Kier molecular flexibility index (Phi) is 3.91. The summed E-state index contributed by atoms with van der Waals surface area (Å²) < 4.78 is 5.39. The smallest absolute Gasteiger partial charge is 0.309 e. The van der Waals surface area contributed by atoms with E-state index in [0.29, 0.717) is 6.42 Å². The molecule has 0 spiro atoms. The Morgan fingerprint density at radius 1 is 1.33 bits per heavy atom. The van der Waals surface area contributed by atoms with Gasteiger partial charge in [-0.1, -0.05) is 24.1 Å². The van der Waals surface area contributed by atoms with E-state index >= 15 is 0 Å². The largest absolute Gasteiger partial charge is 0.457 e. The highest BCUT2D eigenvalue weighted by atomic mass is 16.6. The van der Waals surface area contributed by atoms with Crippen LogP contribution in [0.1, 0.15) is 40.0 Å². The summed E-state index contributed by atoms with van der Waals surface area (Å²) in [5, 5.41) is 10.3. The molecule has 0 saturated carbocycles. The third-order valence-corrected chi connectivity index (χ3v) is 4.04. The third kappa shape index (κ3) is 2.66. The van der Waals surface area contributed by atoms with Crippen LogP contribution in [0.2, 0.25) is 0 Å². The van der Waals surface area contributed by atoms with Gasteiger partial charge in [0.25, 0.3) is 0 Å². The van der Waals surface area contributed by atoms with Gasteiger partial charge in [0.2, 0.25) is 0 Å². The molecule has 0 bridgehead atoms. The number of allylic oxidation sites excluding steroid dienone is 2. The summed E-state index contributed by atoms with van der Waals surface area (Å²) in [6.45, 7) is 5.95. The average molecular weight is 250 g/mol. The van der Waals surface area contributed by atoms with Crippen LogP contribution in [0.15, 0.2) is 23.3 Å². The Morgan fingerprint density at radius 3 is 2.78 bits per heavy atom. The minimum atomic E-state index is -0.505.